The maximum absolute atomic E-state index is 13.5. The van der Waals surface area contributed by atoms with Crippen LogP contribution in [0.4, 0.5) is 29.3 Å². The van der Waals surface area contributed by atoms with Crippen molar-refractivity contribution in [2.75, 3.05) is 23.9 Å². The summed E-state index contributed by atoms with van der Waals surface area (Å²) in [5.74, 6) is -1.82. The molecule has 6 nitrogen and oxygen atoms in total. The van der Waals surface area contributed by atoms with Gasteiger partial charge in [-0.2, -0.15) is 13.2 Å². The fourth-order valence-electron chi connectivity index (χ4n) is 3.15. The Labute approximate surface area is 182 Å². The summed E-state index contributed by atoms with van der Waals surface area (Å²) in [7, 11) is 1.44. The smallest absolute Gasteiger partial charge is 0.432 e. The first-order valence-electron chi connectivity index (χ1n) is 9.68. The average molecular weight is 446 g/mol. The highest BCUT2D eigenvalue weighted by Gasteiger charge is 2.62. The number of esters is 1. The normalized spacial score (nSPS) is 13.3. The number of aliphatic hydroxyl groups is 1. The number of benzene rings is 3. The SMILES string of the molecule is CCOC(=O)[C@@](O)(c1ccc(N(C)C(=O)Nc2ccc3ccccc3c2)cc1)C(F)(F)F. The predicted octanol–water partition coefficient (Wildman–Crippen LogP) is 4.82. The van der Waals surface area contributed by atoms with E-state index in [1.165, 1.54) is 31.0 Å². The molecule has 168 valence electrons. The first-order valence-corrected chi connectivity index (χ1v) is 9.68. The zero-order valence-corrected chi connectivity index (χ0v) is 17.3. The van der Waals surface area contributed by atoms with Crippen molar-refractivity contribution in [1.29, 1.82) is 0 Å². The van der Waals surface area contributed by atoms with Gasteiger partial charge in [-0.3, -0.25) is 4.90 Å². The van der Waals surface area contributed by atoms with E-state index < -0.39 is 29.3 Å². The summed E-state index contributed by atoms with van der Waals surface area (Å²) in [5.41, 5.74) is -3.73. The van der Waals surface area contributed by atoms with E-state index in [9.17, 15) is 27.9 Å². The molecule has 0 aliphatic rings. The molecule has 3 rings (SSSR count). The molecule has 0 heterocycles. The number of alkyl halides is 3. The van der Waals surface area contributed by atoms with E-state index in [0.717, 1.165) is 22.9 Å². The average Bonchev–Trinajstić information content (AvgIpc) is 2.77. The molecule has 0 bridgehead atoms. The highest BCUT2D eigenvalue weighted by Crippen LogP contribution is 2.40. The number of urea groups is 1. The quantitative estimate of drug-likeness (QED) is 0.551. The number of hydrogen-bond donors (Lipinski definition) is 2. The molecule has 2 N–H and O–H groups in total. The number of carbonyl (C=O) groups excluding carboxylic acids is 2. The summed E-state index contributed by atoms with van der Waals surface area (Å²) < 4.78 is 44.9. The van der Waals surface area contributed by atoms with E-state index in [-0.39, 0.29) is 12.3 Å². The van der Waals surface area contributed by atoms with Crippen molar-refractivity contribution in [3.8, 4) is 0 Å². The van der Waals surface area contributed by atoms with Crippen molar-refractivity contribution < 1.29 is 32.6 Å². The largest absolute Gasteiger partial charge is 0.463 e. The van der Waals surface area contributed by atoms with Crippen LogP contribution in [0.1, 0.15) is 12.5 Å². The zero-order chi connectivity index (χ0) is 23.5. The van der Waals surface area contributed by atoms with Crippen LogP contribution in [0.5, 0.6) is 0 Å². The Morgan fingerprint density at radius 3 is 2.22 bits per heavy atom. The molecule has 32 heavy (non-hydrogen) atoms. The Hall–Kier alpha value is -3.59. The third-order valence-electron chi connectivity index (χ3n) is 4.96. The molecule has 0 radical (unpaired) electrons. The number of carbonyl (C=O) groups is 2. The van der Waals surface area contributed by atoms with E-state index in [1.807, 2.05) is 30.3 Å². The molecule has 9 heteroatoms. The third-order valence-corrected chi connectivity index (χ3v) is 4.96. The fourth-order valence-corrected chi connectivity index (χ4v) is 3.15. The van der Waals surface area contributed by atoms with Crippen LogP contribution in [0.3, 0.4) is 0 Å². The van der Waals surface area contributed by atoms with Crippen LogP contribution in [0.25, 0.3) is 10.8 Å². The van der Waals surface area contributed by atoms with E-state index in [1.54, 1.807) is 12.1 Å². The molecule has 1 atom stereocenters. The Morgan fingerprint density at radius 2 is 1.62 bits per heavy atom. The van der Waals surface area contributed by atoms with Gasteiger partial charge in [-0.25, -0.2) is 9.59 Å². The molecular formula is C23H21F3N2O4. The summed E-state index contributed by atoms with van der Waals surface area (Å²) in [6, 6.07) is 16.7. The standard InChI is InChI=1S/C23H21F3N2O4/c1-3-32-20(29)22(31,23(24,25)26)17-9-12-19(13-10-17)28(2)21(30)27-18-11-8-15-6-4-5-7-16(15)14-18/h4-14,31H,3H2,1-2H3,(H,27,30)/t22-/m0/s1. The van der Waals surface area contributed by atoms with Crippen LogP contribution < -0.4 is 10.2 Å². The summed E-state index contributed by atoms with van der Waals surface area (Å²) in [5, 5.41) is 14.8. The van der Waals surface area contributed by atoms with Gasteiger partial charge in [0.2, 0.25) is 0 Å². The van der Waals surface area contributed by atoms with Crippen molar-refractivity contribution in [2.45, 2.75) is 18.7 Å². The number of nitrogens with zero attached hydrogens (tertiary/aromatic N) is 1. The molecule has 0 unspecified atom stereocenters. The monoisotopic (exact) mass is 446 g/mol. The maximum atomic E-state index is 13.5. The predicted molar refractivity (Wildman–Crippen MR) is 114 cm³/mol. The highest BCUT2D eigenvalue weighted by molar-refractivity contribution is 6.02. The molecule has 0 saturated carbocycles. The first kappa shape index (κ1) is 23.1. The van der Waals surface area contributed by atoms with Gasteiger partial charge in [0.1, 0.15) is 0 Å². The van der Waals surface area contributed by atoms with E-state index in [0.29, 0.717) is 5.69 Å². The minimum absolute atomic E-state index is 0.250. The lowest BCUT2D eigenvalue weighted by molar-refractivity contribution is -0.267. The molecule has 0 aliphatic heterocycles. The number of ether oxygens (including phenoxy) is 1. The Morgan fingerprint density at radius 1 is 1.00 bits per heavy atom. The summed E-state index contributed by atoms with van der Waals surface area (Å²) in [4.78, 5) is 25.7. The van der Waals surface area contributed by atoms with Crippen molar-refractivity contribution >= 4 is 34.1 Å². The maximum Gasteiger partial charge on any atom is 0.432 e. The fraction of sp³-hybridized carbons (Fsp3) is 0.217. The third kappa shape index (κ3) is 4.38. The molecular weight excluding hydrogens is 425 g/mol. The number of hydrogen-bond acceptors (Lipinski definition) is 4. The number of fused-ring (bicyclic) bond motifs is 1. The second-order valence-electron chi connectivity index (χ2n) is 7.03. The van der Waals surface area contributed by atoms with Gasteiger partial charge in [0.05, 0.1) is 6.61 Å². The van der Waals surface area contributed by atoms with Gasteiger partial charge in [-0.05, 0) is 42.0 Å². The molecule has 0 aliphatic carbocycles. The molecule has 0 aromatic heterocycles. The van der Waals surface area contributed by atoms with Gasteiger partial charge in [-0.15, -0.1) is 0 Å². The molecule has 3 aromatic carbocycles. The van der Waals surface area contributed by atoms with Gasteiger partial charge in [0.25, 0.3) is 5.60 Å². The zero-order valence-electron chi connectivity index (χ0n) is 17.3. The first-order chi connectivity index (χ1) is 15.1. The van der Waals surface area contributed by atoms with Gasteiger partial charge < -0.3 is 15.2 Å². The minimum atomic E-state index is -5.29. The van der Waals surface area contributed by atoms with Crippen LogP contribution in [0.15, 0.2) is 66.7 Å². The second-order valence-corrected chi connectivity index (χ2v) is 7.03. The Kier molecular flexibility index (Phi) is 6.40. The summed E-state index contributed by atoms with van der Waals surface area (Å²) in [6.45, 7) is 1.01. The molecule has 3 aromatic rings. The summed E-state index contributed by atoms with van der Waals surface area (Å²) in [6.07, 6.45) is -5.29. The molecule has 0 spiro atoms. The van der Waals surface area contributed by atoms with Crippen molar-refractivity contribution in [3.63, 3.8) is 0 Å². The van der Waals surface area contributed by atoms with Crippen LogP contribution in [-0.2, 0) is 15.1 Å². The van der Waals surface area contributed by atoms with E-state index in [4.69, 9.17) is 0 Å². The Bertz CT molecular complexity index is 1130. The van der Waals surface area contributed by atoms with E-state index >= 15 is 0 Å². The topological polar surface area (TPSA) is 78.9 Å². The number of nitrogens with one attached hydrogen (secondary N) is 1. The lowest BCUT2D eigenvalue weighted by Crippen LogP contribution is -2.50. The van der Waals surface area contributed by atoms with Crippen LogP contribution in [-0.4, -0.2) is 36.9 Å². The minimum Gasteiger partial charge on any atom is -0.463 e. The number of amides is 2. The van der Waals surface area contributed by atoms with Crippen molar-refractivity contribution in [1.82, 2.24) is 0 Å². The van der Waals surface area contributed by atoms with Crippen molar-refractivity contribution in [2.24, 2.45) is 0 Å². The molecule has 0 fully saturated rings. The lowest BCUT2D eigenvalue weighted by atomic mass is 9.93. The number of anilines is 2. The van der Waals surface area contributed by atoms with Gasteiger partial charge >= 0.3 is 18.2 Å². The van der Waals surface area contributed by atoms with Gasteiger partial charge in [0.15, 0.2) is 0 Å². The summed E-state index contributed by atoms with van der Waals surface area (Å²) >= 11 is 0. The van der Waals surface area contributed by atoms with Crippen molar-refractivity contribution in [3.05, 3.63) is 72.3 Å². The van der Waals surface area contributed by atoms with Gasteiger partial charge in [-0.1, -0.05) is 42.5 Å². The van der Waals surface area contributed by atoms with Crippen LogP contribution in [0, 0.1) is 0 Å². The highest BCUT2D eigenvalue weighted by atomic mass is 19.4. The second kappa shape index (κ2) is 8.88. The molecule has 2 amide bonds. The molecule has 0 saturated heterocycles. The van der Waals surface area contributed by atoms with Crippen LogP contribution >= 0.6 is 0 Å². The lowest BCUT2D eigenvalue weighted by Gasteiger charge is -2.29. The number of halogens is 3. The Balaban J connectivity index is 1.80. The van der Waals surface area contributed by atoms with Gasteiger partial charge in [0, 0.05) is 24.0 Å². The number of rotatable bonds is 5. The van der Waals surface area contributed by atoms with Crippen LogP contribution in [0.2, 0.25) is 0 Å². The van der Waals surface area contributed by atoms with E-state index in [2.05, 4.69) is 10.1 Å².